The van der Waals surface area contributed by atoms with E-state index in [4.69, 9.17) is 10.00 Å². The molecule has 3 rings (SSSR count). The van der Waals surface area contributed by atoms with Crippen molar-refractivity contribution >= 4 is 17.5 Å². The summed E-state index contributed by atoms with van der Waals surface area (Å²) >= 11 is 0. The second-order valence-electron chi connectivity index (χ2n) is 6.72. The Labute approximate surface area is 159 Å². The molecular formula is C20H25N5O2. The van der Waals surface area contributed by atoms with E-state index in [9.17, 15) is 4.79 Å². The summed E-state index contributed by atoms with van der Waals surface area (Å²) < 4.78 is 7.62. The van der Waals surface area contributed by atoms with Gasteiger partial charge in [0.25, 0.3) is 0 Å². The van der Waals surface area contributed by atoms with Gasteiger partial charge in [-0.05, 0) is 30.5 Å². The van der Waals surface area contributed by atoms with Gasteiger partial charge in [-0.2, -0.15) is 10.4 Å². The maximum Gasteiger partial charge on any atom is 0.324 e. The molecule has 27 heavy (non-hydrogen) atoms. The lowest BCUT2D eigenvalue weighted by molar-refractivity contribution is 0.0169. The van der Waals surface area contributed by atoms with Crippen molar-refractivity contribution in [3.8, 4) is 6.07 Å². The molecule has 1 aliphatic carbocycles. The number of ether oxygens (including phenoxy) is 1. The molecule has 0 radical (unpaired) electrons. The van der Waals surface area contributed by atoms with Gasteiger partial charge in [0, 0.05) is 18.0 Å². The number of carbonyl (C=O) groups excluding carboxylic acids is 1. The highest BCUT2D eigenvalue weighted by Gasteiger charge is 2.13. The highest BCUT2D eigenvalue weighted by atomic mass is 16.5. The summed E-state index contributed by atoms with van der Waals surface area (Å²) in [5, 5.41) is 18.3. The van der Waals surface area contributed by atoms with Crippen LogP contribution in [-0.4, -0.2) is 21.9 Å². The number of anilines is 2. The molecule has 0 spiro atoms. The van der Waals surface area contributed by atoms with E-state index >= 15 is 0 Å². The van der Waals surface area contributed by atoms with Crippen LogP contribution in [0.25, 0.3) is 0 Å². The van der Waals surface area contributed by atoms with E-state index in [1.54, 1.807) is 16.9 Å². The zero-order valence-electron chi connectivity index (χ0n) is 15.4. The van der Waals surface area contributed by atoms with Crippen LogP contribution in [0.2, 0.25) is 0 Å². The van der Waals surface area contributed by atoms with E-state index in [1.165, 1.54) is 19.3 Å². The zero-order valence-corrected chi connectivity index (χ0v) is 15.4. The van der Waals surface area contributed by atoms with E-state index < -0.39 is 0 Å². The lowest BCUT2D eigenvalue weighted by atomic mass is 9.98. The monoisotopic (exact) mass is 367 g/mol. The lowest BCUT2D eigenvalue weighted by Gasteiger charge is -2.22. The summed E-state index contributed by atoms with van der Waals surface area (Å²) in [7, 11) is 0. The molecule has 0 atom stereocenters. The average Bonchev–Trinajstić information content (AvgIpc) is 3.13. The molecule has 1 aromatic carbocycles. The topological polar surface area (TPSA) is 92.0 Å². The van der Waals surface area contributed by atoms with Gasteiger partial charge < -0.3 is 10.1 Å². The molecule has 2 N–H and O–H groups in total. The van der Waals surface area contributed by atoms with E-state index in [0.29, 0.717) is 37.2 Å². The van der Waals surface area contributed by atoms with E-state index in [-0.39, 0.29) is 6.03 Å². The Morgan fingerprint density at radius 1 is 1.26 bits per heavy atom. The third kappa shape index (κ3) is 6.12. The molecule has 2 amide bonds. The normalized spacial score (nSPS) is 14.5. The minimum atomic E-state index is -0.356. The number of nitrogens with zero attached hydrogens (tertiary/aromatic N) is 3. The average molecular weight is 367 g/mol. The van der Waals surface area contributed by atoms with Crippen LogP contribution in [0.4, 0.5) is 16.3 Å². The SMILES string of the molecule is N#CCCn1ccc(NC(=O)Nc2cccc(COC3CCCCC3)c2)n1. The Bertz CT molecular complexity index is 790. The van der Waals surface area contributed by atoms with Crippen molar-refractivity contribution in [1.29, 1.82) is 5.26 Å². The van der Waals surface area contributed by atoms with Gasteiger partial charge in [0.05, 0.1) is 31.7 Å². The summed E-state index contributed by atoms with van der Waals surface area (Å²) in [6.07, 6.45) is 8.56. The van der Waals surface area contributed by atoms with Crippen LogP contribution in [0, 0.1) is 11.3 Å². The highest BCUT2D eigenvalue weighted by molar-refractivity contribution is 5.99. The summed E-state index contributed by atoms with van der Waals surface area (Å²) in [5.41, 5.74) is 1.75. The van der Waals surface area contributed by atoms with Crippen LogP contribution in [-0.2, 0) is 17.9 Å². The number of hydrogen-bond acceptors (Lipinski definition) is 4. The van der Waals surface area contributed by atoms with Gasteiger partial charge in [0.2, 0.25) is 0 Å². The molecule has 0 saturated heterocycles. The third-order valence-electron chi connectivity index (χ3n) is 4.56. The molecule has 1 heterocycles. The number of aryl methyl sites for hydroxylation is 1. The number of nitrogens with one attached hydrogen (secondary N) is 2. The first kappa shape index (κ1) is 18.9. The number of hydrogen-bond donors (Lipinski definition) is 2. The van der Waals surface area contributed by atoms with Crippen molar-refractivity contribution in [2.45, 2.75) is 57.8 Å². The third-order valence-corrected chi connectivity index (χ3v) is 4.56. The van der Waals surface area contributed by atoms with E-state index in [1.807, 2.05) is 24.3 Å². The largest absolute Gasteiger partial charge is 0.374 e. The van der Waals surface area contributed by atoms with Crippen molar-refractivity contribution < 1.29 is 9.53 Å². The number of aromatic nitrogens is 2. The Morgan fingerprint density at radius 3 is 2.93 bits per heavy atom. The van der Waals surface area contributed by atoms with Crippen molar-refractivity contribution in [1.82, 2.24) is 9.78 Å². The van der Waals surface area contributed by atoms with Crippen LogP contribution in [0.15, 0.2) is 36.5 Å². The number of carbonyl (C=O) groups is 1. The minimum absolute atomic E-state index is 0.356. The van der Waals surface area contributed by atoms with Gasteiger partial charge in [-0.3, -0.25) is 10.00 Å². The predicted molar refractivity (Wildman–Crippen MR) is 103 cm³/mol. The second kappa shape index (κ2) is 9.74. The second-order valence-corrected chi connectivity index (χ2v) is 6.72. The van der Waals surface area contributed by atoms with Crippen LogP contribution >= 0.6 is 0 Å². The number of benzene rings is 1. The number of amides is 2. The maximum atomic E-state index is 12.2. The Hall–Kier alpha value is -2.85. The molecule has 0 unspecified atom stereocenters. The molecular weight excluding hydrogens is 342 g/mol. The predicted octanol–water partition coefficient (Wildman–Crippen LogP) is 4.29. The quantitative estimate of drug-likeness (QED) is 0.763. The summed E-state index contributed by atoms with van der Waals surface area (Å²) in [4.78, 5) is 12.2. The lowest BCUT2D eigenvalue weighted by Crippen LogP contribution is -2.20. The molecule has 7 nitrogen and oxygen atoms in total. The fourth-order valence-electron chi connectivity index (χ4n) is 3.18. The molecule has 1 saturated carbocycles. The van der Waals surface area contributed by atoms with Gasteiger partial charge in [-0.25, -0.2) is 4.79 Å². The van der Waals surface area contributed by atoms with Crippen LogP contribution < -0.4 is 10.6 Å². The first-order chi connectivity index (χ1) is 13.2. The highest BCUT2D eigenvalue weighted by Crippen LogP contribution is 2.22. The van der Waals surface area contributed by atoms with Crippen LogP contribution in [0.1, 0.15) is 44.1 Å². The molecule has 1 aromatic heterocycles. The summed E-state index contributed by atoms with van der Waals surface area (Å²) in [5.74, 6) is 0.447. The Kier molecular flexibility index (Phi) is 6.83. The fourth-order valence-corrected chi connectivity index (χ4v) is 3.18. The smallest absolute Gasteiger partial charge is 0.324 e. The van der Waals surface area contributed by atoms with Gasteiger partial charge in [0.1, 0.15) is 0 Å². The molecule has 7 heteroatoms. The van der Waals surface area contributed by atoms with Gasteiger partial charge >= 0.3 is 6.03 Å². The molecule has 1 fully saturated rings. The number of rotatable bonds is 7. The first-order valence-electron chi connectivity index (χ1n) is 9.42. The molecule has 142 valence electrons. The van der Waals surface area contributed by atoms with Crippen molar-refractivity contribution in [2.24, 2.45) is 0 Å². The van der Waals surface area contributed by atoms with Crippen molar-refractivity contribution in [3.63, 3.8) is 0 Å². The molecule has 2 aromatic rings. The van der Waals surface area contributed by atoms with Crippen molar-refractivity contribution in [2.75, 3.05) is 10.6 Å². The number of nitriles is 1. The van der Waals surface area contributed by atoms with Crippen molar-refractivity contribution in [3.05, 3.63) is 42.1 Å². The van der Waals surface area contributed by atoms with E-state index in [2.05, 4.69) is 21.8 Å². The number of urea groups is 1. The maximum absolute atomic E-state index is 12.2. The van der Waals surface area contributed by atoms with Crippen LogP contribution in [0.3, 0.4) is 0 Å². The molecule has 0 bridgehead atoms. The van der Waals surface area contributed by atoms with Gasteiger partial charge in [0.15, 0.2) is 5.82 Å². The Balaban J connectivity index is 1.48. The van der Waals surface area contributed by atoms with Gasteiger partial charge in [-0.15, -0.1) is 0 Å². The summed E-state index contributed by atoms with van der Waals surface area (Å²) in [6, 6.07) is 11.1. The first-order valence-corrected chi connectivity index (χ1v) is 9.42. The zero-order chi connectivity index (χ0) is 18.9. The summed E-state index contributed by atoms with van der Waals surface area (Å²) in [6.45, 7) is 1.06. The standard InChI is InChI=1S/C20H25N5O2/c21-11-5-12-25-13-10-19(24-25)23-20(26)22-17-7-4-6-16(14-17)15-27-18-8-2-1-3-9-18/h4,6-7,10,13-14,18H,1-3,5,8-9,12,15H2,(H2,22,23,24,26). The van der Waals surface area contributed by atoms with Gasteiger partial charge in [-0.1, -0.05) is 31.4 Å². The van der Waals surface area contributed by atoms with Crippen LogP contribution in [0.5, 0.6) is 0 Å². The molecule has 1 aliphatic rings. The molecule has 0 aliphatic heterocycles. The Morgan fingerprint density at radius 2 is 2.11 bits per heavy atom. The van der Waals surface area contributed by atoms with E-state index in [0.717, 1.165) is 18.4 Å². The fraction of sp³-hybridized carbons (Fsp3) is 0.450. The minimum Gasteiger partial charge on any atom is -0.374 e.